The predicted octanol–water partition coefficient (Wildman–Crippen LogP) is 12.3. The highest BCUT2D eigenvalue weighted by Gasteiger charge is 2.28. The van der Waals surface area contributed by atoms with Crippen molar-refractivity contribution in [3.8, 4) is 0 Å². The summed E-state index contributed by atoms with van der Waals surface area (Å²) in [6.07, 6.45) is 36.2. The molecule has 45 heavy (non-hydrogen) atoms. The first-order valence-electron chi connectivity index (χ1n) is 20.4. The summed E-state index contributed by atoms with van der Waals surface area (Å²) < 4.78 is 5.88. The standard InChI is InChI=1S/C41H79NO3/c1-5-8-11-12-13-14-17-22-28-38(36-45-41(44)39-33-34-42(4)35-39)29-23-18-15-16-19-24-31-40(43)32-25-30-37(26-20-9-6-2)27-21-10-7-3/h37-39H,5-36H2,1-4H3. The molecule has 0 bridgehead atoms. The monoisotopic (exact) mass is 634 g/mol. The third-order valence-electron chi connectivity index (χ3n) is 10.5. The van der Waals surface area contributed by atoms with Gasteiger partial charge in [0.2, 0.25) is 0 Å². The maximum atomic E-state index is 12.6. The second-order valence-electron chi connectivity index (χ2n) is 15.0. The first-order valence-corrected chi connectivity index (χ1v) is 20.4. The Labute approximate surface area is 282 Å². The summed E-state index contributed by atoms with van der Waals surface area (Å²) >= 11 is 0. The van der Waals surface area contributed by atoms with Crippen LogP contribution in [0.2, 0.25) is 0 Å². The number of unbranched alkanes of at least 4 members (excludes halogenated alkanes) is 16. The minimum absolute atomic E-state index is 0.0357. The molecule has 1 aliphatic rings. The number of hydrogen-bond acceptors (Lipinski definition) is 4. The number of Topliss-reactive ketones (excluding diaryl/α,β-unsaturated/α-hetero) is 1. The summed E-state index contributed by atoms with van der Waals surface area (Å²) in [6.45, 7) is 9.34. The van der Waals surface area contributed by atoms with E-state index >= 15 is 0 Å². The smallest absolute Gasteiger partial charge is 0.310 e. The minimum Gasteiger partial charge on any atom is -0.465 e. The number of nitrogens with zero attached hydrogens (tertiary/aromatic N) is 1. The van der Waals surface area contributed by atoms with Crippen LogP contribution in [0.1, 0.15) is 207 Å². The Hall–Kier alpha value is -0.900. The Balaban J connectivity index is 2.19. The second kappa shape index (κ2) is 30.4. The highest BCUT2D eigenvalue weighted by Crippen LogP contribution is 2.24. The number of carbonyl (C=O) groups excluding carboxylic acids is 2. The fourth-order valence-electron chi connectivity index (χ4n) is 7.30. The van der Waals surface area contributed by atoms with E-state index in [1.54, 1.807) is 0 Å². The van der Waals surface area contributed by atoms with Crippen LogP contribution in [-0.4, -0.2) is 43.4 Å². The molecule has 0 aromatic carbocycles. The van der Waals surface area contributed by atoms with E-state index in [-0.39, 0.29) is 11.9 Å². The molecule has 4 nitrogen and oxygen atoms in total. The molecular weight excluding hydrogens is 554 g/mol. The van der Waals surface area contributed by atoms with Gasteiger partial charge in [0.05, 0.1) is 12.5 Å². The largest absolute Gasteiger partial charge is 0.465 e. The minimum atomic E-state index is 0.0357. The molecule has 4 heteroatoms. The van der Waals surface area contributed by atoms with Gasteiger partial charge in [0.25, 0.3) is 0 Å². The molecular formula is C41H79NO3. The van der Waals surface area contributed by atoms with Crippen molar-refractivity contribution >= 4 is 11.8 Å². The number of ether oxygens (including phenoxy) is 1. The molecule has 0 N–H and O–H groups in total. The van der Waals surface area contributed by atoms with E-state index in [4.69, 9.17) is 4.74 Å². The molecule has 0 saturated carbocycles. The van der Waals surface area contributed by atoms with Crippen LogP contribution < -0.4 is 0 Å². The lowest BCUT2D eigenvalue weighted by Gasteiger charge is -2.19. The SMILES string of the molecule is CCCCCCCCCCC(CCCCCCCCC(=O)CCCC(CCCCC)CCCCC)COC(=O)C1CCN(C)C1. The summed E-state index contributed by atoms with van der Waals surface area (Å²) in [7, 11) is 2.09. The van der Waals surface area contributed by atoms with Crippen LogP contribution in [0, 0.1) is 17.8 Å². The van der Waals surface area contributed by atoms with E-state index in [0.29, 0.717) is 18.3 Å². The lowest BCUT2D eigenvalue weighted by atomic mass is 9.90. The highest BCUT2D eigenvalue weighted by molar-refractivity contribution is 5.78. The molecule has 1 saturated heterocycles. The van der Waals surface area contributed by atoms with Crippen molar-refractivity contribution in [3.05, 3.63) is 0 Å². The average molecular weight is 634 g/mol. The topological polar surface area (TPSA) is 46.6 Å². The molecule has 0 aliphatic carbocycles. The van der Waals surface area contributed by atoms with Gasteiger partial charge in [-0.3, -0.25) is 9.59 Å². The summed E-state index contributed by atoms with van der Waals surface area (Å²) in [6, 6.07) is 0. The molecule has 0 radical (unpaired) electrons. The van der Waals surface area contributed by atoms with Crippen molar-refractivity contribution in [1.82, 2.24) is 4.90 Å². The summed E-state index contributed by atoms with van der Waals surface area (Å²) in [5, 5.41) is 0. The van der Waals surface area contributed by atoms with Crippen LogP contribution in [0.15, 0.2) is 0 Å². The van der Waals surface area contributed by atoms with E-state index in [9.17, 15) is 9.59 Å². The van der Waals surface area contributed by atoms with E-state index < -0.39 is 0 Å². The number of ketones is 1. The van der Waals surface area contributed by atoms with Gasteiger partial charge in [-0.25, -0.2) is 0 Å². The molecule has 0 amide bonds. The van der Waals surface area contributed by atoms with Crippen molar-refractivity contribution in [1.29, 1.82) is 0 Å². The van der Waals surface area contributed by atoms with Crippen molar-refractivity contribution in [2.45, 2.75) is 207 Å². The van der Waals surface area contributed by atoms with Gasteiger partial charge in [-0.05, 0) is 57.5 Å². The van der Waals surface area contributed by atoms with Crippen LogP contribution in [-0.2, 0) is 14.3 Å². The average Bonchev–Trinajstić information content (AvgIpc) is 3.48. The maximum absolute atomic E-state index is 12.6. The van der Waals surface area contributed by atoms with Crippen LogP contribution >= 0.6 is 0 Å². The highest BCUT2D eigenvalue weighted by atomic mass is 16.5. The third-order valence-corrected chi connectivity index (χ3v) is 10.5. The van der Waals surface area contributed by atoms with E-state index in [0.717, 1.165) is 51.1 Å². The lowest BCUT2D eigenvalue weighted by Crippen LogP contribution is -2.24. The summed E-state index contributed by atoms with van der Waals surface area (Å²) in [5.41, 5.74) is 0. The zero-order valence-electron chi connectivity index (χ0n) is 31.0. The van der Waals surface area contributed by atoms with Crippen LogP contribution in [0.3, 0.4) is 0 Å². The molecule has 0 spiro atoms. The van der Waals surface area contributed by atoms with Gasteiger partial charge in [-0.2, -0.15) is 0 Å². The van der Waals surface area contributed by atoms with E-state index in [1.807, 2.05) is 0 Å². The van der Waals surface area contributed by atoms with Gasteiger partial charge >= 0.3 is 5.97 Å². The molecule has 266 valence electrons. The molecule has 0 aromatic heterocycles. The van der Waals surface area contributed by atoms with Crippen LogP contribution in [0.25, 0.3) is 0 Å². The van der Waals surface area contributed by atoms with Crippen LogP contribution in [0.5, 0.6) is 0 Å². The van der Waals surface area contributed by atoms with Gasteiger partial charge in [0.1, 0.15) is 5.78 Å². The van der Waals surface area contributed by atoms with Gasteiger partial charge in [-0.15, -0.1) is 0 Å². The van der Waals surface area contributed by atoms with Crippen molar-refractivity contribution in [2.75, 3.05) is 26.7 Å². The fraction of sp³-hybridized carbons (Fsp3) is 0.951. The molecule has 0 aromatic rings. The Morgan fingerprint density at radius 1 is 0.578 bits per heavy atom. The third kappa shape index (κ3) is 24.9. The second-order valence-corrected chi connectivity index (χ2v) is 15.0. The molecule has 2 unspecified atom stereocenters. The van der Waals surface area contributed by atoms with Crippen molar-refractivity contribution in [3.63, 3.8) is 0 Å². The number of likely N-dealkylation sites (tertiary alicyclic amines) is 1. The zero-order chi connectivity index (χ0) is 32.8. The van der Waals surface area contributed by atoms with Crippen molar-refractivity contribution < 1.29 is 14.3 Å². The Kier molecular flexibility index (Phi) is 28.5. The Morgan fingerprint density at radius 2 is 1.00 bits per heavy atom. The van der Waals surface area contributed by atoms with Crippen molar-refractivity contribution in [2.24, 2.45) is 17.8 Å². The van der Waals surface area contributed by atoms with Gasteiger partial charge < -0.3 is 9.64 Å². The Bertz CT molecular complexity index is 670. The number of hydrogen-bond donors (Lipinski definition) is 0. The maximum Gasteiger partial charge on any atom is 0.310 e. The lowest BCUT2D eigenvalue weighted by molar-refractivity contribution is -0.149. The normalized spacial score (nSPS) is 16.1. The number of carbonyl (C=O) groups is 2. The number of rotatable bonds is 33. The first kappa shape index (κ1) is 42.1. The van der Waals surface area contributed by atoms with Crippen LogP contribution in [0.4, 0.5) is 0 Å². The van der Waals surface area contributed by atoms with Gasteiger partial charge in [-0.1, -0.05) is 162 Å². The number of esters is 1. The fourth-order valence-corrected chi connectivity index (χ4v) is 7.30. The summed E-state index contributed by atoms with van der Waals surface area (Å²) in [5.74, 6) is 1.97. The van der Waals surface area contributed by atoms with E-state index in [2.05, 4.69) is 32.7 Å². The molecule has 1 rings (SSSR count). The predicted molar refractivity (Wildman–Crippen MR) is 195 cm³/mol. The molecule has 1 aliphatic heterocycles. The van der Waals surface area contributed by atoms with Gasteiger partial charge in [0.15, 0.2) is 0 Å². The Morgan fingerprint density at radius 3 is 1.53 bits per heavy atom. The zero-order valence-corrected chi connectivity index (χ0v) is 31.0. The quantitative estimate of drug-likeness (QED) is 0.0533. The first-order chi connectivity index (χ1) is 22.0. The summed E-state index contributed by atoms with van der Waals surface area (Å²) in [4.78, 5) is 27.4. The van der Waals surface area contributed by atoms with Gasteiger partial charge in [0, 0.05) is 19.4 Å². The molecule has 2 atom stereocenters. The van der Waals surface area contributed by atoms with E-state index in [1.165, 1.54) is 154 Å². The molecule has 1 fully saturated rings. The molecule has 1 heterocycles.